The van der Waals surface area contributed by atoms with Crippen molar-refractivity contribution in [3.63, 3.8) is 0 Å². The maximum absolute atomic E-state index is 12.7. The van der Waals surface area contributed by atoms with Gasteiger partial charge in [-0.25, -0.2) is 13.1 Å². The Morgan fingerprint density at radius 1 is 1.15 bits per heavy atom. The number of nitrogens with zero attached hydrogens (tertiary/aromatic N) is 1. The van der Waals surface area contributed by atoms with E-state index in [0.29, 0.717) is 24.3 Å². The molecule has 1 N–H and O–H groups in total. The van der Waals surface area contributed by atoms with E-state index < -0.39 is 10.0 Å². The molecule has 0 radical (unpaired) electrons. The van der Waals surface area contributed by atoms with Crippen LogP contribution in [0.25, 0.3) is 0 Å². The molecule has 1 aliphatic carbocycles. The molecule has 2 atom stereocenters. The van der Waals surface area contributed by atoms with Crippen LogP contribution in [-0.4, -0.2) is 45.0 Å². The second kappa shape index (κ2) is 9.06. The average Bonchev–Trinajstić information content (AvgIpc) is 2.68. The van der Waals surface area contributed by atoms with E-state index in [1.54, 1.807) is 12.1 Å². The molecule has 1 aromatic rings. The van der Waals surface area contributed by atoms with Crippen LogP contribution in [-0.2, 0) is 14.8 Å². The number of nitrogens with one attached hydrogen (secondary N) is 1. The third-order valence-electron chi connectivity index (χ3n) is 5.64. The minimum Gasteiger partial charge on any atom is -0.494 e. The van der Waals surface area contributed by atoms with Gasteiger partial charge < -0.3 is 9.64 Å². The molecule has 1 saturated carbocycles. The van der Waals surface area contributed by atoms with E-state index in [0.717, 1.165) is 19.4 Å². The van der Waals surface area contributed by atoms with Gasteiger partial charge in [0.05, 0.1) is 11.5 Å². The highest BCUT2D eigenvalue weighted by molar-refractivity contribution is 7.89. The zero-order valence-electron chi connectivity index (χ0n) is 16.0. The fourth-order valence-corrected chi connectivity index (χ4v) is 5.37. The Morgan fingerprint density at radius 3 is 2.59 bits per heavy atom. The van der Waals surface area contributed by atoms with Gasteiger partial charge in [0, 0.05) is 25.6 Å². The second-order valence-corrected chi connectivity index (χ2v) is 9.16. The number of fused-ring (bicyclic) bond motifs is 1. The van der Waals surface area contributed by atoms with Crippen molar-refractivity contribution in [3.8, 4) is 5.75 Å². The summed E-state index contributed by atoms with van der Waals surface area (Å²) < 4.78 is 32.7. The lowest BCUT2D eigenvalue weighted by molar-refractivity contribution is -0.137. The van der Waals surface area contributed by atoms with Gasteiger partial charge in [0.1, 0.15) is 5.75 Å². The lowest BCUT2D eigenvalue weighted by Gasteiger charge is -2.44. The SMILES string of the molecule is CCOc1ccc(S(=O)(=O)NCCC(=O)N2CCCC3CCCCC32)cc1. The molecule has 2 fully saturated rings. The molecule has 1 aromatic carbocycles. The third kappa shape index (κ3) is 5.02. The van der Waals surface area contributed by atoms with Gasteiger partial charge in [0.25, 0.3) is 0 Å². The topological polar surface area (TPSA) is 75.7 Å². The molecule has 7 heteroatoms. The van der Waals surface area contributed by atoms with Gasteiger partial charge in [0.15, 0.2) is 0 Å². The van der Waals surface area contributed by atoms with Crippen molar-refractivity contribution < 1.29 is 17.9 Å². The molecular formula is C20H30N2O4S. The largest absolute Gasteiger partial charge is 0.494 e. The van der Waals surface area contributed by atoms with Crippen LogP contribution in [0.3, 0.4) is 0 Å². The van der Waals surface area contributed by atoms with Crippen molar-refractivity contribution in [2.45, 2.75) is 62.8 Å². The number of piperidine rings is 1. The molecule has 2 unspecified atom stereocenters. The van der Waals surface area contributed by atoms with E-state index in [2.05, 4.69) is 4.72 Å². The lowest BCUT2D eigenvalue weighted by Crippen LogP contribution is -2.50. The zero-order chi connectivity index (χ0) is 19.3. The Morgan fingerprint density at radius 2 is 1.85 bits per heavy atom. The smallest absolute Gasteiger partial charge is 0.240 e. The number of likely N-dealkylation sites (tertiary alicyclic amines) is 1. The van der Waals surface area contributed by atoms with E-state index in [4.69, 9.17) is 4.74 Å². The van der Waals surface area contributed by atoms with E-state index in [1.165, 1.54) is 37.8 Å². The Balaban J connectivity index is 1.52. The molecule has 3 rings (SSSR count). The molecule has 150 valence electrons. The van der Waals surface area contributed by atoms with Gasteiger partial charge in [-0.2, -0.15) is 0 Å². The van der Waals surface area contributed by atoms with Gasteiger partial charge in [-0.3, -0.25) is 4.79 Å². The van der Waals surface area contributed by atoms with Crippen LogP contribution < -0.4 is 9.46 Å². The molecule has 1 aliphatic heterocycles. The van der Waals surface area contributed by atoms with Gasteiger partial charge in [0.2, 0.25) is 15.9 Å². The summed E-state index contributed by atoms with van der Waals surface area (Å²) in [7, 11) is -3.62. The quantitative estimate of drug-likeness (QED) is 0.771. The molecule has 0 bridgehead atoms. The summed E-state index contributed by atoms with van der Waals surface area (Å²) in [6.45, 7) is 3.35. The van der Waals surface area contributed by atoms with Crippen LogP contribution >= 0.6 is 0 Å². The summed E-state index contributed by atoms with van der Waals surface area (Å²) in [4.78, 5) is 14.9. The summed E-state index contributed by atoms with van der Waals surface area (Å²) in [6, 6.07) is 6.68. The van der Waals surface area contributed by atoms with Crippen LogP contribution in [0.15, 0.2) is 29.2 Å². The van der Waals surface area contributed by atoms with Crippen LogP contribution in [0.5, 0.6) is 5.75 Å². The molecule has 0 aromatic heterocycles. The summed E-state index contributed by atoms with van der Waals surface area (Å²) in [6.07, 6.45) is 7.26. The zero-order valence-corrected chi connectivity index (χ0v) is 16.8. The molecular weight excluding hydrogens is 364 g/mol. The van der Waals surface area contributed by atoms with Crippen molar-refractivity contribution in [1.82, 2.24) is 9.62 Å². The minimum absolute atomic E-state index is 0.0704. The monoisotopic (exact) mass is 394 g/mol. The van der Waals surface area contributed by atoms with Crippen LogP contribution in [0, 0.1) is 5.92 Å². The number of ether oxygens (including phenoxy) is 1. The number of carbonyl (C=O) groups excluding carboxylic acids is 1. The van der Waals surface area contributed by atoms with Crippen LogP contribution in [0.2, 0.25) is 0 Å². The van der Waals surface area contributed by atoms with Crippen molar-refractivity contribution >= 4 is 15.9 Å². The summed E-state index contributed by atoms with van der Waals surface area (Å²) in [5.74, 6) is 1.34. The van der Waals surface area contributed by atoms with Crippen molar-refractivity contribution in [1.29, 1.82) is 0 Å². The average molecular weight is 395 g/mol. The number of hydrogen-bond donors (Lipinski definition) is 1. The first-order chi connectivity index (χ1) is 13.0. The Hall–Kier alpha value is -1.60. The molecule has 0 spiro atoms. The number of carbonyl (C=O) groups is 1. The highest BCUT2D eigenvalue weighted by Crippen LogP contribution is 2.35. The van der Waals surface area contributed by atoms with Gasteiger partial charge >= 0.3 is 0 Å². The number of hydrogen-bond acceptors (Lipinski definition) is 4. The first kappa shape index (κ1) is 20.1. The van der Waals surface area contributed by atoms with E-state index in [1.807, 2.05) is 11.8 Å². The standard InChI is InChI=1S/C20H30N2O4S/c1-2-26-17-9-11-18(12-10-17)27(24,25)21-14-13-20(23)22-15-5-7-16-6-3-4-8-19(16)22/h9-12,16,19,21H,2-8,13-15H2,1H3. The number of sulfonamides is 1. The maximum atomic E-state index is 12.7. The molecule has 27 heavy (non-hydrogen) atoms. The second-order valence-electron chi connectivity index (χ2n) is 7.39. The predicted molar refractivity (Wildman–Crippen MR) is 104 cm³/mol. The van der Waals surface area contributed by atoms with E-state index in [-0.39, 0.29) is 23.8 Å². The van der Waals surface area contributed by atoms with E-state index in [9.17, 15) is 13.2 Å². The van der Waals surface area contributed by atoms with E-state index >= 15 is 0 Å². The predicted octanol–water partition coefficient (Wildman–Crippen LogP) is 2.93. The fraction of sp³-hybridized carbons (Fsp3) is 0.650. The molecule has 1 saturated heterocycles. The normalized spacial score (nSPS) is 22.9. The Labute approximate surface area is 162 Å². The number of amides is 1. The van der Waals surface area contributed by atoms with Gasteiger partial charge in [-0.05, 0) is 62.8 Å². The first-order valence-corrected chi connectivity index (χ1v) is 11.5. The Kier molecular flexibility index (Phi) is 6.76. The Bertz CT molecular complexity index is 731. The third-order valence-corrected chi connectivity index (χ3v) is 7.12. The van der Waals surface area contributed by atoms with Crippen molar-refractivity contribution in [2.75, 3.05) is 19.7 Å². The molecule has 2 aliphatic rings. The van der Waals surface area contributed by atoms with Crippen molar-refractivity contribution in [3.05, 3.63) is 24.3 Å². The molecule has 1 amide bonds. The first-order valence-electron chi connectivity index (χ1n) is 10.0. The number of benzene rings is 1. The summed E-state index contributed by atoms with van der Waals surface area (Å²) >= 11 is 0. The van der Waals surface area contributed by atoms with Crippen LogP contribution in [0.1, 0.15) is 51.9 Å². The van der Waals surface area contributed by atoms with Crippen molar-refractivity contribution in [2.24, 2.45) is 5.92 Å². The highest BCUT2D eigenvalue weighted by Gasteiger charge is 2.35. The summed E-state index contributed by atoms with van der Waals surface area (Å²) in [5, 5.41) is 0. The minimum atomic E-state index is -3.62. The van der Waals surface area contributed by atoms with Gasteiger partial charge in [-0.1, -0.05) is 12.8 Å². The maximum Gasteiger partial charge on any atom is 0.240 e. The molecule has 6 nitrogen and oxygen atoms in total. The fourth-order valence-electron chi connectivity index (χ4n) is 4.34. The summed E-state index contributed by atoms with van der Waals surface area (Å²) in [5.41, 5.74) is 0. The lowest BCUT2D eigenvalue weighted by atomic mass is 9.78. The highest BCUT2D eigenvalue weighted by atomic mass is 32.2. The number of rotatable bonds is 7. The van der Waals surface area contributed by atoms with Crippen LogP contribution in [0.4, 0.5) is 0 Å². The molecule has 1 heterocycles. The van der Waals surface area contributed by atoms with Gasteiger partial charge in [-0.15, -0.1) is 0 Å².